The van der Waals surface area contributed by atoms with Gasteiger partial charge in [0.05, 0.1) is 0 Å². The first-order chi connectivity index (χ1) is 14.1. The normalized spacial score (nSPS) is 21.2. The van der Waals surface area contributed by atoms with Crippen LogP contribution < -0.4 is 5.32 Å². The molecule has 0 aliphatic carbocycles. The quantitative estimate of drug-likeness (QED) is 0.588. The van der Waals surface area contributed by atoms with E-state index in [4.69, 9.17) is 4.99 Å². The van der Waals surface area contributed by atoms with Crippen LogP contribution in [-0.2, 0) is 11.2 Å². The molecule has 2 heterocycles. The molecule has 2 aliphatic rings. The molecule has 3 amide bonds. The molecule has 1 aromatic carbocycles. The molecule has 0 spiro atoms. The SMILES string of the molecule is CCCCCCCCN1C(SCCc2ccccc2)=NC2C1C(=O)NC(=O)N2C. The van der Waals surface area contributed by atoms with Crippen LogP contribution in [0.15, 0.2) is 35.3 Å². The molecule has 2 aliphatic heterocycles. The average Bonchev–Trinajstić information content (AvgIpc) is 3.09. The van der Waals surface area contributed by atoms with Crippen molar-refractivity contribution in [2.24, 2.45) is 4.99 Å². The van der Waals surface area contributed by atoms with Crippen LogP contribution in [0.3, 0.4) is 0 Å². The molecule has 2 unspecified atom stereocenters. The molecule has 158 valence electrons. The molecule has 3 rings (SSSR count). The van der Waals surface area contributed by atoms with Gasteiger partial charge in [-0.3, -0.25) is 10.1 Å². The first-order valence-electron chi connectivity index (χ1n) is 10.7. The molecule has 0 saturated carbocycles. The van der Waals surface area contributed by atoms with Gasteiger partial charge in [0.2, 0.25) is 0 Å². The summed E-state index contributed by atoms with van der Waals surface area (Å²) in [5.74, 6) is 0.667. The minimum atomic E-state index is -0.421. The molecule has 6 nitrogen and oxygen atoms in total. The Morgan fingerprint density at radius 1 is 1.07 bits per heavy atom. The van der Waals surface area contributed by atoms with Gasteiger partial charge in [-0.05, 0) is 18.4 Å². The number of thioether (sulfide) groups is 1. The average molecular weight is 417 g/mol. The summed E-state index contributed by atoms with van der Waals surface area (Å²) in [4.78, 5) is 33.0. The number of unbranched alkanes of at least 4 members (excludes halogenated alkanes) is 5. The van der Waals surface area contributed by atoms with Crippen molar-refractivity contribution in [3.63, 3.8) is 0 Å². The zero-order chi connectivity index (χ0) is 20.6. The van der Waals surface area contributed by atoms with Gasteiger partial charge in [0.1, 0.15) is 0 Å². The summed E-state index contributed by atoms with van der Waals surface area (Å²) in [5, 5.41) is 3.37. The third kappa shape index (κ3) is 5.53. The number of urea groups is 1. The van der Waals surface area contributed by atoms with Gasteiger partial charge in [0.25, 0.3) is 5.91 Å². The summed E-state index contributed by atoms with van der Waals surface area (Å²) >= 11 is 1.69. The first kappa shape index (κ1) is 21.7. The highest BCUT2D eigenvalue weighted by molar-refractivity contribution is 8.13. The number of amidine groups is 1. The van der Waals surface area contributed by atoms with E-state index in [9.17, 15) is 9.59 Å². The van der Waals surface area contributed by atoms with Gasteiger partial charge in [-0.25, -0.2) is 9.79 Å². The monoisotopic (exact) mass is 416 g/mol. The number of benzene rings is 1. The van der Waals surface area contributed by atoms with E-state index in [1.807, 2.05) is 6.07 Å². The van der Waals surface area contributed by atoms with Crippen LogP contribution in [0.5, 0.6) is 0 Å². The van der Waals surface area contributed by atoms with E-state index < -0.39 is 12.2 Å². The molecule has 1 aromatic rings. The van der Waals surface area contributed by atoms with Gasteiger partial charge in [0.15, 0.2) is 17.4 Å². The van der Waals surface area contributed by atoms with Crippen molar-refractivity contribution in [3.8, 4) is 0 Å². The summed E-state index contributed by atoms with van der Waals surface area (Å²) in [6.45, 7) is 3.03. The second-order valence-electron chi connectivity index (χ2n) is 7.72. The van der Waals surface area contributed by atoms with E-state index in [1.165, 1.54) is 31.2 Å². The Labute approximate surface area is 178 Å². The number of rotatable bonds is 10. The summed E-state index contributed by atoms with van der Waals surface area (Å²) in [6.07, 6.45) is 7.75. The molecule has 7 heteroatoms. The molecule has 0 aromatic heterocycles. The van der Waals surface area contributed by atoms with Crippen molar-refractivity contribution in [1.82, 2.24) is 15.1 Å². The summed E-state index contributed by atoms with van der Waals surface area (Å²) in [5.41, 5.74) is 1.29. The highest BCUT2D eigenvalue weighted by atomic mass is 32.2. The maximum absolute atomic E-state index is 12.6. The zero-order valence-corrected chi connectivity index (χ0v) is 18.3. The van der Waals surface area contributed by atoms with Crippen LogP contribution >= 0.6 is 11.8 Å². The number of aryl methyl sites for hydroxylation is 1. The predicted octanol–water partition coefficient (Wildman–Crippen LogP) is 3.87. The molecule has 1 saturated heterocycles. The van der Waals surface area contributed by atoms with Crippen molar-refractivity contribution in [2.45, 2.75) is 64.1 Å². The van der Waals surface area contributed by atoms with Crippen LogP contribution in [0.1, 0.15) is 51.0 Å². The van der Waals surface area contributed by atoms with Crippen LogP contribution in [0.25, 0.3) is 0 Å². The molecule has 2 atom stereocenters. The highest BCUT2D eigenvalue weighted by Crippen LogP contribution is 2.29. The summed E-state index contributed by atoms with van der Waals surface area (Å²) in [6, 6.07) is 9.61. The summed E-state index contributed by atoms with van der Waals surface area (Å²) < 4.78 is 0. The van der Waals surface area contributed by atoms with Gasteiger partial charge in [-0.2, -0.15) is 0 Å². The topological polar surface area (TPSA) is 65.0 Å². The van der Waals surface area contributed by atoms with E-state index in [-0.39, 0.29) is 11.9 Å². The third-order valence-corrected chi connectivity index (χ3v) is 6.55. The number of carbonyl (C=O) groups is 2. The standard InChI is InChI=1S/C22H32N4O2S/c1-3-4-5-6-7-11-15-26-18-19(25(2)21(28)24-20(18)27)23-22(26)29-16-14-17-12-9-8-10-13-17/h8-10,12-13,18-19H,3-7,11,14-16H2,1-2H3,(H,24,27,28). The van der Waals surface area contributed by atoms with Crippen molar-refractivity contribution in [1.29, 1.82) is 0 Å². The van der Waals surface area contributed by atoms with Crippen molar-refractivity contribution < 1.29 is 9.59 Å². The lowest BCUT2D eigenvalue weighted by atomic mass is 10.1. The maximum atomic E-state index is 12.6. The number of carbonyl (C=O) groups excluding carboxylic acids is 2. The Morgan fingerprint density at radius 3 is 2.55 bits per heavy atom. The first-order valence-corrected chi connectivity index (χ1v) is 11.7. The number of fused-ring (bicyclic) bond motifs is 1. The fourth-order valence-corrected chi connectivity index (χ4v) is 4.90. The Balaban J connectivity index is 1.61. The number of likely N-dealkylation sites (N-methyl/N-ethyl adjacent to an activating group) is 1. The third-order valence-electron chi connectivity index (χ3n) is 5.54. The van der Waals surface area contributed by atoms with Crippen LogP contribution in [0, 0.1) is 0 Å². The fraction of sp³-hybridized carbons (Fsp3) is 0.591. The fourth-order valence-electron chi connectivity index (χ4n) is 3.82. The van der Waals surface area contributed by atoms with Gasteiger partial charge < -0.3 is 9.80 Å². The number of aliphatic imine (C=N–C) groups is 1. The summed E-state index contributed by atoms with van der Waals surface area (Å²) in [7, 11) is 1.71. The maximum Gasteiger partial charge on any atom is 0.325 e. The van der Waals surface area contributed by atoms with Crippen LogP contribution in [0.2, 0.25) is 0 Å². The van der Waals surface area contributed by atoms with E-state index in [0.29, 0.717) is 0 Å². The van der Waals surface area contributed by atoms with Gasteiger partial charge >= 0.3 is 6.03 Å². The van der Waals surface area contributed by atoms with E-state index in [2.05, 4.69) is 41.4 Å². The van der Waals surface area contributed by atoms with Crippen molar-refractivity contribution >= 4 is 28.9 Å². The smallest absolute Gasteiger partial charge is 0.325 e. The number of nitrogens with zero attached hydrogens (tertiary/aromatic N) is 3. The van der Waals surface area contributed by atoms with Gasteiger partial charge in [-0.1, -0.05) is 81.1 Å². The minimum absolute atomic E-state index is 0.230. The number of amides is 3. The molecule has 0 radical (unpaired) electrons. The zero-order valence-electron chi connectivity index (χ0n) is 17.5. The highest BCUT2D eigenvalue weighted by Gasteiger charge is 2.48. The Hall–Kier alpha value is -2.02. The molecule has 29 heavy (non-hydrogen) atoms. The van der Waals surface area contributed by atoms with Crippen LogP contribution in [0.4, 0.5) is 4.79 Å². The van der Waals surface area contributed by atoms with Gasteiger partial charge in [-0.15, -0.1) is 0 Å². The number of hydrogen-bond donors (Lipinski definition) is 1. The lowest BCUT2D eigenvalue weighted by molar-refractivity contribution is -0.127. The molecule has 0 bridgehead atoms. The second kappa shape index (κ2) is 10.7. The molecule has 1 N–H and O–H groups in total. The number of hydrogen-bond acceptors (Lipinski definition) is 5. The number of nitrogens with one attached hydrogen (secondary N) is 1. The molecule has 1 fully saturated rings. The molecular weight excluding hydrogens is 384 g/mol. The largest absolute Gasteiger partial charge is 0.336 e. The van der Waals surface area contributed by atoms with E-state index in [0.717, 1.165) is 36.7 Å². The van der Waals surface area contributed by atoms with Gasteiger partial charge in [0, 0.05) is 19.3 Å². The van der Waals surface area contributed by atoms with Crippen molar-refractivity contribution in [2.75, 3.05) is 19.3 Å². The Morgan fingerprint density at radius 2 is 1.79 bits per heavy atom. The van der Waals surface area contributed by atoms with Crippen LogP contribution in [-0.4, -0.2) is 58.5 Å². The van der Waals surface area contributed by atoms with E-state index >= 15 is 0 Å². The minimum Gasteiger partial charge on any atom is -0.336 e. The molecular formula is C22H32N4O2S. The predicted molar refractivity (Wildman–Crippen MR) is 119 cm³/mol. The Bertz CT molecular complexity index is 725. The second-order valence-corrected chi connectivity index (χ2v) is 8.78. The van der Waals surface area contributed by atoms with Crippen molar-refractivity contribution in [3.05, 3.63) is 35.9 Å². The Kier molecular flexibility index (Phi) is 7.98. The van der Waals surface area contributed by atoms with E-state index in [1.54, 1.807) is 23.7 Å². The lowest BCUT2D eigenvalue weighted by Crippen LogP contribution is -2.63. The lowest BCUT2D eigenvalue weighted by Gasteiger charge is -2.36. The number of imide groups is 1.